The zero-order valence-electron chi connectivity index (χ0n) is 27.2. The second-order valence-electron chi connectivity index (χ2n) is 11.3. The molecule has 1 aliphatic carbocycles. The van der Waals surface area contributed by atoms with Gasteiger partial charge in [0.15, 0.2) is 5.96 Å². The molecule has 1 aromatic heterocycles. The number of alkyl halides is 6. The number of halogens is 6. The first-order valence-corrected chi connectivity index (χ1v) is 15.5. The summed E-state index contributed by atoms with van der Waals surface area (Å²) in [4.78, 5) is 44.6. The highest BCUT2D eigenvalue weighted by Gasteiger charge is 2.39. The van der Waals surface area contributed by atoms with Gasteiger partial charge in [0, 0.05) is 10.9 Å². The first-order valence-electron chi connectivity index (χ1n) is 15.5. The van der Waals surface area contributed by atoms with Crippen molar-refractivity contribution in [3.63, 3.8) is 0 Å². The molecule has 0 spiro atoms. The minimum atomic E-state index is -5.08. The first kappa shape index (κ1) is 41.0. The minimum Gasteiger partial charge on any atom is -0.475 e. The fourth-order valence-electron chi connectivity index (χ4n) is 4.79. The van der Waals surface area contributed by atoms with Crippen LogP contribution < -0.4 is 22.1 Å². The number of aliphatic carboxylic acids is 2. The molecule has 0 saturated heterocycles. The summed E-state index contributed by atoms with van der Waals surface area (Å²) in [7, 11) is 0. The Morgan fingerprint density at radius 3 is 2.02 bits per heavy atom. The molecule has 3 aromatic rings. The molecule has 12 nitrogen and oxygen atoms in total. The van der Waals surface area contributed by atoms with Crippen molar-refractivity contribution in [2.24, 2.45) is 16.5 Å². The lowest BCUT2D eigenvalue weighted by Crippen LogP contribution is -2.38. The van der Waals surface area contributed by atoms with Crippen LogP contribution >= 0.6 is 0 Å². The van der Waals surface area contributed by atoms with Crippen molar-refractivity contribution in [2.75, 3.05) is 10.6 Å². The lowest BCUT2D eigenvalue weighted by atomic mass is 9.90. The molecule has 2 unspecified atom stereocenters. The van der Waals surface area contributed by atoms with Crippen LogP contribution in [0.4, 0.5) is 38.1 Å². The van der Waals surface area contributed by atoms with Crippen LogP contribution in [0.25, 0.3) is 10.9 Å². The number of aromatic nitrogens is 2. The molecule has 2 atom stereocenters. The van der Waals surface area contributed by atoms with E-state index in [9.17, 15) is 31.1 Å². The average molecular weight is 716 g/mol. The summed E-state index contributed by atoms with van der Waals surface area (Å²) in [5, 5.41) is 21.6. The van der Waals surface area contributed by atoms with Crippen LogP contribution in [0.15, 0.2) is 47.5 Å². The Hall–Kier alpha value is -5.16. The van der Waals surface area contributed by atoms with Gasteiger partial charge in [-0.3, -0.25) is 10.1 Å². The Morgan fingerprint density at radius 2 is 1.48 bits per heavy atom. The number of carboxylic acids is 2. The molecule has 0 aliphatic heterocycles. The SMILES string of the molecule is CCCCCc1ccc(C(=O)Nc2nc(NC3CCCCC3N=C(N)N)c3cc(C)ccc3n2)cc1.O=C(O)C(F)(F)F.O=C(O)C(F)(F)F. The van der Waals surface area contributed by atoms with Crippen LogP contribution in [-0.2, 0) is 16.0 Å². The number of aliphatic imine (C=N–C) groups is 1. The van der Waals surface area contributed by atoms with Gasteiger partial charge in [-0.2, -0.15) is 31.3 Å². The third-order valence-electron chi connectivity index (χ3n) is 7.21. The topological polar surface area (TPSA) is 206 Å². The molecule has 8 N–H and O–H groups in total. The molecule has 0 radical (unpaired) electrons. The summed E-state index contributed by atoms with van der Waals surface area (Å²) >= 11 is 0. The number of nitrogens with zero attached hydrogens (tertiary/aromatic N) is 3. The maximum atomic E-state index is 13.0. The predicted octanol–water partition coefficient (Wildman–Crippen LogP) is 6.19. The van der Waals surface area contributed by atoms with Gasteiger partial charge in [-0.25, -0.2) is 19.6 Å². The highest BCUT2D eigenvalue weighted by atomic mass is 19.4. The summed E-state index contributed by atoms with van der Waals surface area (Å²) in [6.07, 6.45) is -1.55. The number of guanidine groups is 1. The third kappa shape index (κ3) is 13.8. The van der Waals surface area contributed by atoms with Gasteiger partial charge in [0.1, 0.15) is 5.82 Å². The van der Waals surface area contributed by atoms with Crippen LogP contribution in [0.5, 0.6) is 0 Å². The number of aryl methyl sites for hydroxylation is 2. The Morgan fingerprint density at radius 1 is 0.900 bits per heavy atom. The number of unbranched alkanes of at least 4 members (excludes halogenated alkanes) is 2. The van der Waals surface area contributed by atoms with Crippen molar-refractivity contribution >= 4 is 46.5 Å². The van der Waals surface area contributed by atoms with Crippen molar-refractivity contribution in [3.8, 4) is 0 Å². The Labute approximate surface area is 283 Å². The number of amides is 1. The van der Waals surface area contributed by atoms with Crippen LogP contribution in [0.2, 0.25) is 0 Å². The molecule has 0 bridgehead atoms. The van der Waals surface area contributed by atoms with E-state index < -0.39 is 24.3 Å². The van der Waals surface area contributed by atoms with E-state index >= 15 is 0 Å². The zero-order valence-corrected chi connectivity index (χ0v) is 27.2. The van der Waals surface area contributed by atoms with E-state index in [0.29, 0.717) is 11.4 Å². The number of nitrogens with two attached hydrogens (primary N) is 2. The highest BCUT2D eigenvalue weighted by Crippen LogP contribution is 2.29. The second kappa shape index (κ2) is 18.6. The molecule has 1 heterocycles. The molecule has 18 heteroatoms. The number of carbonyl (C=O) groups is 3. The normalized spacial score (nSPS) is 15.8. The van der Waals surface area contributed by atoms with E-state index in [1.54, 1.807) is 0 Å². The van der Waals surface area contributed by atoms with E-state index in [4.69, 9.17) is 36.3 Å². The average Bonchev–Trinajstić information content (AvgIpc) is 3.02. The number of carbonyl (C=O) groups excluding carboxylic acids is 1. The molecular formula is C32H39F6N7O5. The lowest BCUT2D eigenvalue weighted by Gasteiger charge is -2.30. The van der Waals surface area contributed by atoms with Gasteiger partial charge < -0.3 is 27.0 Å². The molecule has 274 valence electrons. The highest BCUT2D eigenvalue weighted by molar-refractivity contribution is 6.04. The van der Waals surface area contributed by atoms with Crippen LogP contribution in [0, 0.1) is 6.92 Å². The summed E-state index contributed by atoms with van der Waals surface area (Å²) < 4.78 is 63.5. The van der Waals surface area contributed by atoms with Crippen molar-refractivity contribution < 1.29 is 50.9 Å². The molecule has 1 saturated carbocycles. The smallest absolute Gasteiger partial charge is 0.475 e. The number of carboxylic acid groups (broad SMARTS) is 2. The summed E-state index contributed by atoms with van der Waals surface area (Å²) in [5.41, 5.74) is 15.1. The summed E-state index contributed by atoms with van der Waals surface area (Å²) in [6, 6.07) is 13.8. The molecule has 1 fully saturated rings. The van der Waals surface area contributed by atoms with E-state index in [1.165, 1.54) is 18.4 Å². The quantitative estimate of drug-likeness (QED) is 0.0641. The van der Waals surface area contributed by atoms with Gasteiger partial charge >= 0.3 is 24.3 Å². The monoisotopic (exact) mass is 715 g/mol. The van der Waals surface area contributed by atoms with Gasteiger partial charge in [-0.15, -0.1) is 0 Å². The number of benzene rings is 2. The van der Waals surface area contributed by atoms with Gasteiger partial charge in [0.05, 0.1) is 17.6 Å². The van der Waals surface area contributed by atoms with Gasteiger partial charge in [0.2, 0.25) is 5.95 Å². The van der Waals surface area contributed by atoms with Crippen molar-refractivity contribution in [1.82, 2.24) is 9.97 Å². The van der Waals surface area contributed by atoms with E-state index in [0.717, 1.165) is 55.0 Å². The maximum Gasteiger partial charge on any atom is 0.490 e. The Bertz CT molecular complexity index is 1600. The van der Waals surface area contributed by atoms with Gasteiger partial charge in [-0.05, 0) is 62.4 Å². The van der Waals surface area contributed by atoms with Crippen LogP contribution in [0.3, 0.4) is 0 Å². The second-order valence-corrected chi connectivity index (χ2v) is 11.3. The third-order valence-corrected chi connectivity index (χ3v) is 7.21. The number of anilines is 2. The molecule has 1 amide bonds. The van der Waals surface area contributed by atoms with Crippen LogP contribution in [0.1, 0.15) is 73.4 Å². The number of fused-ring (bicyclic) bond motifs is 1. The van der Waals surface area contributed by atoms with Crippen molar-refractivity contribution in [1.29, 1.82) is 0 Å². The Kier molecular flexibility index (Phi) is 15.2. The molecule has 1 aliphatic rings. The van der Waals surface area contributed by atoms with E-state index in [2.05, 4.69) is 33.6 Å². The number of nitrogens with one attached hydrogen (secondary N) is 2. The zero-order chi connectivity index (χ0) is 37.6. The van der Waals surface area contributed by atoms with E-state index in [-0.39, 0.29) is 29.9 Å². The number of hydrogen-bond donors (Lipinski definition) is 6. The molecular weight excluding hydrogens is 676 g/mol. The molecule has 50 heavy (non-hydrogen) atoms. The number of hydrogen-bond acceptors (Lipinski definition) is 7. The first-order chi connectivity index (χ1) is 23.3. The fraction of sp³-hybridized carbons (Fsp3) is 0.438. The molecule has 2 aromatic carbocycles. The summed E-state index contributed by atoms with van der Waals surface area (Å²) in [5.74, 6) is -4.71. The predicted molar refractivity (Wildman–Crippen MR) is 175 cm³/mol. The van der Waals surface area contributed by atoms with Crippen molar-refractivity contribution in [2.45, 2.75) is 89.7 Å². The number of rotatable bonds is 9. The lowest BCUT2D eigenvalue weighted by molar-refractivity contribution is -0.193. The minimum absolute atomic E-state index is 0.0209. The maximum absolute atomic E-state index is 13.0. The van der Waals surface area contributed by atoms with Crippen LogP contribution in [-0.4, -0.2) is 68.4 Å². The van der Waals surface area contributed by atoms with Crippen molar-refractivity contribution in [3.05, 3.63) is 59.2 Å². The van der Waals surface area contributed by atoms with E-state index in [1.807, 2.05) is 43.3 Å². The Balaban J connectivity index is 0.000000521. The fourth-order valence-corrected chi connectivity index (χ4v) is 4.79. The molecule has 4 rings (SSSR count). The van der Waals surface area contributed by atoms with Gasteiger partial charge in [0.25, 0.3) is 5.91 Å². The summed E-state index contributed by atoms with van der Waals surface area (Å²) in [6.45, 7) is 4.23. The van der Waals surface area contributed by atoms with Gasteiger partial charge in [-0.1, -0.05) is 56.4 Å². The largest absolute Gasteiger partial charge is 0.490 e. The standard InChI is InChI=1S/C28H37N7O.2C2HF3O2/c1-3-4-5-8-19-12-14-20(15-13-19)26(36)35-28-33-22-16-11-18(2)17-21(22)25(34-28)31-23-9-6-7-10-24(23)32-27(29)30;2*3-2(4,5)1(6)7/h11-17,23-24H,3-10H2,1-2H3,(H4,29,30,32)(H2,31,33,34,35,36);2*(H,6,7).